The number of hydrogen-bond acceptors (Lipinski definition) is 2. The largest absolute Gasteiger partial charge is 0.492 e. The number of aromatic nitrogens is 1. The van der Waals surface area contributed by atoms with Crippen LogP contribution in [0.5, 0.6) is 5.75 Å². The van der Waals surface area contributed by atoms with Crippen LogP contribution in [0.3, 0.4) is 0 Å². The van der Waals surface area contributed by atoms with Gasteiger partial charge in [0.05, 0.1) is 6.54 Å². The van der Waals surface area contributed by atoms with Crippen LogP contribution in [0.4, 0.5) is 4.39 Å². The molecule has 0 aliphatic heterocycles. The van der Waals surface area contributed by atoms with E-state index in [4.69, 9.17) is 4.74 Å². The molecule has 0 fully saturated rings. The molecule has 1 aromatic heterocycles. The number of ether oxygens (including phenoxy) is 1. The zero-order valence-corrected chi connectivity index (χ0v) is 13.7. The molecule has 4 nitrogen and oxygen atoms in total. The lowest BCUT2D eigenvalue weighted by atomic mass is 10.1. The summed E-state index contributed by atoms with van der Waals surface area (Å²) in [4.78, 5) is 15.0. The number of carbonyl (C=O) groups is 1. The van der Waals surface area contributed by atoms with Crippen LogP contribution in [0.1, 0.15) is 21.6 Å². The summed E-state index contributed by atoms with van der Waals surface area (Å²) in [5.74, 6) is 0.157. The van der Waals surface area contributed by atoms with E-state index in [-0.39, 0.29) is 11.7 Å². The molecule has 2 N–H and O–H groups in total. The zero-order chi connectivity index (χ0) is 17.1. The number of H-pyrrole nitrogens is 1. The van der Waals surface area contributed by atoms with E-state index in [2.05, 4.69) is 16.4 Å². The number of aryl methyl sites for hydroxylation is 2. The Labute approximate surface area is 139 Å². The Hall–Kier alpha value is -2.82. The number of nitrogens with one attached hydrogen (secondary N) is 2. The average Bonchev–Trinajstić information content (AvgIpc) is 2.96. The molecule has 0 unspecified atom stereocenters. The lowest BCUT2D eigenvalue weighted by molar-refractivity contribution is 0.0943. The van der Waals surface area contributed by atoms with Crippen molar-refractivity contribution in [2.75, 3.05) is 13.2 Å². The molecule has 124 valence electrons. The number of carbonyl (C=O) groups excluding carboxylic acids is 1. The van der Waals surface area contributed by atoms with E-state index in [1.165, 1.54) is 12.1 Å². The Morgan fingerprint density at radius 1 is 1.17 bits per heavy atom. The van der Waals surface area contributed by atoms with Crippen molar-refractivity contribution in [3.8, 4) is 5.75 Å². The number of hydrogen-bond donors (Lipinski definition) is 2. The van der Waals surface area contributed by atoms with Gasteiger partial charge < -0.3 is 15.0 Å². The highest BCUT2D eigenvalue weighted by molar-refractivity contribution is 5.98. The predicted molar refractivity (Wildman–Crippen MR) is 92.0 cm³/mol. The summed E-state index contributed by atoms with van der Waals surface area (Å²) in [6.07, 6.45) is 0. The summed E-state index contributed by atoms with van der Waals surface area (Å²) in [5.41, 5.74) is 3.21. The van der Waals surface area contributed by atoms with Crippen molar-refractivity contribution in [1.29, 1.82) is 0 Å². The van der Waals surface area contributed by atoms with Crippen molar-refractivity contribution in [2.45, 2.75) is 13.8 Å². The molecule has 0 atom stereocenters. The third kappa shape index (κ3) is 3.56. The highest BCUT2D eigenvalue weighted by Crippen LogP contribution is 2.18. The normalized spacial score (nSPS) is 10.8. The van der Waals surface area contributed by atoms with Gasteiger partial charge in [-0.2, -0.15) is 0 Å². The van der Waals surface area contributed by atoms with Crippen LogP contribution >= 0.6 is 0 Å². The zero-order valence-electron chi connectivity index (χ0n) is 13.7. The molecule has 2 aromatic carbocycles. The lowest BCUT2D eigenvalue weighted by Crippen LogP contribution is -2.28. The minimum absolute atomic E-state index is 0.283. The number of benzene rings is 2. The van der Waals surface area contributed by atoms with Crippen LogP contribution in [0, 0.1) is 19.7 Å². The number of rotatable bonds is 5. The van der Waals surface area contributed by atoms with Gasteiger partial charge in [0.25, 0.3) is 5.91 Å². The second-order valence-corrected chi connectivity index (χ2v) is 5.81. The Kier molecular flexibility index (Phi) is 4.51. The predicted octanol–water partition coefficient (Wildman–Crippen LogP) is 3.73. The first-order chi connectivity index (χ1) is 11.5. The maximum Gasteiger partial charge on any atom is 0.267 e. The van der Waals surface area contributed by atoms with Crippen molar-refractivity contribution in [1.82, 2.24) is 10.3 Å². The molecule has 1 amide bonds. The molecule has 5 heteroatoms. The summed E-state index contributed by atoms with van der Waals surface area (Å²) in [6.45, 7) is 4.75. The van der Waals surface area contributed by atoms with Gasteiger partial charge in [-0.25, -0.2) is 4.39 Å². The smallest absolute Gasteiger partial charge is 0.267 e. The molecule has 0 aliphatic carbocycles. The number of halogens is 1. The summed E-state index contributed by atoms with van der Waals surface area (Å²) < 4.78 is 19.3. The first-order valence-corrected chi connectivity index (χ1v) is 7.79. The van der Waals surface area contributed by atoms with E-state index < -0.39 is 0 Å². The SMILES string of the molecule is Cc1cc(C)cc(OCCNC(=O)c2cc3c(F)cccc3[nH]2)c1. The van der Waals surface area contributed by atoms with Crippen molar-refractivity contribution < 1.29 is 13.9 Å². The van der Waals surface area contributed by atoms with Gasteiger partial charge in [-0.3, -0.25) is 4.79 Å². The molecule has 0 saturated carbocycles. The molecular formula is C19H19FN2O2. The lowest BCUT2D eigenvalue weighted by Gasteiger charge is -2.09. The van der Waals surface area contributed by atoms with E-state index in [1.807, 2.05) is 26.0 Å². The maximum absolute atomic E-state index is 13.7. The molecule has 0 bridgehead atoms. The van der Waals surface area contributed by atoms with Crippen LogP contribution in [-0.4, -0.2) is 24.0 Å². The van der Waals surface area contributed by atoms with E-state index >= 15 is 0 Å². The molecule has 3 rings (SSSR count). The van der Waals surface area contributed by atoms with Gasteiger partial charge in [-0.1, -0.05) is 12.1 Å². The van der Waals surface area contributed by atoms with Gasteiger partial charge >= 0.3 is 0 Å². The Bertz CT molecular complexity index is 866. The van der Waals surface area contributed by atoms with Gasteiger partial charge in [-0.05, 0) is 55.3 Å². The van der Waals surface area contributed by atoms with Crippen LogP contribution in [0.25, 0.3) is 10.9 Å². The van der Waals surface area contributed by atoms with Gasteiger partial charge in [0, 0.05) is 10.9 Å². The van der Waals surface area contributed by atoms with Gasteiger partial charge in [0.2, 0.25) is 0 Å². The Morgan fingerprint density at radius 3 is 2.62 bits per heavy atom. The van der Waals surface area contributed by atoms with Gasteiger partial charge in [0.15, 0.2) is 0 Å². The number of amides is 1. The van der Waals surface area contributed by atoms with Crippen molar-refractivity contribution >= 4 is 16.8 Å². The molecule has 0 spiro atoms. The minimum Gasteiger partial charge on any atom is -0.492 e. The van der Waals surface area contributed by atoms with Crippen LogP contribution in [0.15, 0.2) is 42.5 Å². The summed E-state index contributed by atoms with van der Waals surface area (Å²) in [6, 6.07) is 12.2. The summed E-state index contributed by atoms with van der Waals surface area (Å²) in [7, 11) is 0. The fourth-order valence-electron chi connectivity index (χ4n) is 2.69. The van der Waals surface area contributed by atoms with E-state index in [0.717, 1.165) is 16.9 Å². The third-order valence-corrected chi connectivity index (χ3v) is 3.71. The molecular weight excluding hydrogens is 307 g/mol. The second kappa shape index (κ2) is 6.74. The molecule has 3 aromatic rings. The average molecular weight is 326 g/mol. The topological polar surface area (TPSA) is 54.1 Å². The Balaban J connectivity index is 1.56. The summed E-state index contributed by atoms with van der Waals surface area (Å²) in [5, 5.41) is 3.17. The van der Waals surface area contributed by atoms with Gasteiger partial charge in [0.1, 0.15) is 23.9 Å². The molecule has 0 aliphatic rings. The molecule has 0 saturated heterocycles. The third-order valence-electron chi connectivity index (χ3n) is 3.71. The first kappa shape index (κ1) is 16.1. The standard InChI is InChI=1S/C19H19FN2O2/c1-12-8-13(2)10-14(9-12)24-7-6-21-19(23)18-11-15-16(20)4-3-5-17(15)22-18/h3-5,8-11,22H,6-7H2,1-2H3,(H,21,23). The van der Waals surface area contributed by atoms with Crippen LogP contribution in [0.2, 0.25) is 0 Å². The van der Waals surface area contributed by atoms with E-state index in [0.29, 0.717) is 29.7 Å². The van der Waals surface area contributed by atoms with E-state index in [9.17, 15) is 9.18 Å². The van der Waals surface area contributed by atoms with Gasteiger partial charge in [-0.15, -0.1) is 0 Å². The second-order valence-electron chi connectivity index (χ2n) is 5.81. The van der Waals surface area contributed by atoms with Crippen molar-refractivity contribution in [3.63, 3.8) is 0 Å². The van der Waals surface area contributed by atoms with Crippen molar-refractivity contribution in [3.05, 3.63) is 65.1 Å². The fourth-order valence-corrected chi connectivity index (χ4v) is 2.69. The first-order valence-electron chi connectivity index (χ1n) is 7.79. The van der Waals surface area contributed by atoms with Crippen molar-refractivity contribution in [2.24, 2.45) is 0 Å². The van der Waals surface area contributed by atoms with Crippen LogP contribution < -0.4 is 10.1 Å². The van der Waals surface area contributed by atoms with Crippen LogP contribution in [-0.2, 0) is 0 Å². The molecule has 0 radical (unpaired) electrons. The summed E-state index contributed by atoms with van der Waals surface area (Å²) >= 11 is 0. The number of fused-ring (bicyclic) bond motifs is 1. The fraction of sp³-hybridized carbons (Fsp3) is 0.211. The highest BCUT2D eigenvalue weighted by atomic mass is 19.1. The minimum atomic E-state index is -0.346. The molecule has 24 heavy (non-hydrogen) atoms. The quantitative estimate of drug-likeness (QED) is 0.702. The maximum atomic E-state index is 13.7. The Morgan fingerprint density at radius 2 is 1.92 bits per heavy atom. The van der Waals surface area contributed by atoms with E-state index in [1.54, 1.807) is 12.1 Å². The monoisotopic (exact) mass is 326 g/mol. The highest BCUT2D eigenvalue weighted by Gasteiger charge is 2.11. The number of aromatic amines is 1. The molecule has 1 heterocycles.